The summed E-state index contributed by atoms with van der Waals surface area (Å²) < 4.78 is 0. The van der Waals surface area contributed by atoms with E-state index in [-0.39, 0.29) is 0 Å². The molecular formula is C14H19N3. The van der Waals surface area contributed by atoms with Crippen LogP contribution in [0.25, 0.3) is 0 Å². The Hall–Kier alpha value is -1.56. The number of rotatable bonds is 3. The molecule has 2 rings (SSSR count). The molecule has 0 saturated heterocycles. The first-order chi connectivity index (χ1) is 8.24. The average Bonchev–Trinajstić information content (AvgIpc) is 2.71. The molecule has 17 heavy (non-hydrogen) atoms. The fourth-order valence-electron chi connectivity index (χ4n) is 2.82. The predicted molar refractivity (Wildman–Crippen MR) is 68.5 cm³/mol. The average molecular weight is 229 g/mol. The molecule has 0 aliphatic heterocycles. The monoisotopic (exact) mass is 229 g/mol. The van der Waals surface area contributed by atoms with Crippen molar-refractivity contribution >= 4 is 5.69 Å². The highest BCUT2D eigenvalue weighted by molar-refractivity contribution is 5.46. The summed E-state index contributed by atoms with van der Waals surface area (Å²) in [7, 11) is 0. The first-order valence-corrected chi connectivity index (χ1v) is 6.37. The highest BCUT2D eigenvalue weighted by atomic mass is 14.9. The maximum atomic E-state index is 8.81. The molecule has 0 spiro atoms. The van der Waals surface area contributed by atoms with Crippen LogP contribution in [0.2, 0.25) is 0 Å². The highest BCUT2D eigenvalue weighted by Gasteiger charge is 2.31. The van der Waals surface area contributed by atoms with Gasteiger partial charge < -0.3 is 5.32 Å². The second-order valence-electron chi connectivity index (χ2n) is 4.90. The Morgan fingerprint density at radius 2 is 2.35 bits per heavy atom. The largest absolute Gasteiger partial charge is 0.382 e. The quantitative estimate of drug-likeness (QED) is 0.866. The normalized spacial score (nSPS) is 27.7. The van der Waals surface area contributed by atoms with Crippen LogP contribution < -0.4 is 5.32 Å². The van der Waals surface area contributed by atoms with E-state index < -0.39 is 0 Å². The van der Waals surface area contributed by atoms with Gasteiger partial charge in [-0.2, -0.15) is 5.26 Å². The molecule has 3 heteroatoms. The Balaban J connectivity index is 2.04. The highest BCUT2D eigenvalue weighted by Crippen LogP contribution is 2.35. The van der Waals surface area contributed by atoms with E-state index in [0.717, 1.165) is 11.6 Å². The van der Waals surface area contributed by atoms with Gasteiger partial charge in [-0.25, -0.2) is 4.98 Å². The van der Waals surface area contributed by atoms with Crippen molar-refractivity contribution in [1.29, 1.82) is 5.26 Å². The third kappa shape index (κ3) is 2.58. The van der Waals surface area contributed by atoms with Crippen molar-refractivity contribution in [1.82, 2.24) is 4.98 Å². The molecule has 1 fully saturated rings. The second-order valence-corrected chi connectivity index (χ2v) is 4.90. The number of nitrogens with one attached hydrogen (secondary N) is 1. The third-order valence-electron chi connectivity index (χ3n) is 3.98. The van der Waals surface area contributed by atoms with Crippen molar-refractivity contribution in [3.05, 3.63) is 24.0 Å². The molecule has 0 aromatic carbocycles. The Morgan fingerprint density at radius 1 is 1.53 bits per heavy atom. The number of nitriles is 1. The van der Waals surface area contributed by atoms with Crippen molar-refractivity contribution in [2.24, 2.45) is 11.8 Å². The number of hydrogen-bond donors (Lipinski definition) is 1. The SMILES string of the molecule is CCC1CCC(Nc2ccnc(C#N)c2)C1C. The Bertz CT molecular complexity index is 422. The third-order valence-corrected chi connectivity index (χ3v) is 3.98. The Kier molecular flexibility index (Phi) is 3.63. The summed E-state index contributed by atoms with van der Waals surface area (Å²) in [6, 6.07) is 6.37. The number of hydrogen-bond acceptors (Lipinski definition) is 3. The molecule has 1 saturated carbocycles. The summed E-state index contributed by atoms with van der Waals surface area (Å²) >= 11 is 0. The summed E-state index contributed by atoms with van der Waals surface area (Å²) in [6.07, 6.45) is 5.49. The molecule has 1 aromatic heterocycles. The van der Waals surface area contributed by atoms with Gasteiger partial charge in [0.2, 0.25) is 0 Å². The standard InChI is InChI=1S/C14H19N3/c1-3-11-4-5-14(10(11)2)17-12-6-7-16-13(8-12)9-15/h6-8,10-11,14H,3-5H2,1-2H3,(H,16,17). The van der Waals surface area contributed by atoms with E-state index in [2.05, 4.69) is 30.2 Å². The summed E-state index contributed by atoms with van der Waals surface area (Å²) in [5.74, 6) is 1.54. The number of pyridine rings is 1. The van der Waals surface area contributed by atoms with Gasteiger partial charge in [-0.15, -0.1) is 0 Å². The zero-order valence-corrected chi connectivity index (χ0v) is 10.5. The maximum Gasteiger partial charge on any atom is 0.142 e. The maximum absolute atomic E-state index is 8.81. The fraction of sp³-hybridized carbons (Fsp3) is 0.571. The van der Waals surface area contributed by atoms with Gasteiger partial charge in [0.1, 0.15) is 11.8 Å². The molecule has 1 aromatic rings. The predicted octanol–water partition coefficient (Wildman–Crippen LogP) is 3.19. The topological polar surface area (TPSA) is 48.7 Å². The lowest BCUT2D eigenvalue weighted by Gasteiger charge is -2.22. The van der Waals surface area contributed by atoms with Crippen LogP contribution in [0.1, 0.15) is 38.8 Å². The number of aromatic nitrogens is 1. The van der Waals surface area contributed by atoms with Crippen LogP contribution >= 0.6 is 0 Å². The first-order valence-electron chi connectivity index (χ1n) is 6.37. The molecule has 0 bridgehead atoms. The van der Waals surface area contributed by atoms with E-state index in [9.17, 15) is 0 Å². The lowest BCUT2D eigenvalue weighted by atomic mass is 9.93. The molecule has 3 nitrogen and oxygen atoms in total. The van der Waals surface area contributed by atoms with Crippen molar-refractivity contribution in [3.8, 4) is 6.07 Å². The molecule has 3 unspecified atom stereocenters. The second kappa shape index (κ2) is 5.18. The number of nitrogens with zero attached hydrogens (tertiary/aromatic N) is 2. The van der Waals surface area contributed by atoms with Gasteiger partial charge in [-0.3, -0.25) is 0 Å². The molecular weight excluding hydrogens is 210 g/mol. The van der Waals surface area contributed by atoms with E-state index in [1.165, 1.54) is 19.3 Å². The summed E-state index contributed by atoms with van der Waals surface area (Å²) in [5, 5.41) is 12.4. The van der Waals surface area contributed by atoms with Crippen LogP contribution in [0.3, 0.4) is 0 Å². The van der Waals surface area contributed by atoms with E-state index in [0.29, 0.717) is 17.7 Å². The van der Waals surface area contributed by atoms with Crippen LogP contribution in [-0.4, -0.2) is 11.0 Å². The van der Waals surface area contributed by atoms with E-state index in [4.69, 9.17) is 5.26 Å². The molecule has 1 aliphatic rings. The van der Waals surface area contributed by atoms with Gasteiger partial charge in [0.05, 0.1) is 0 Å². The summed E-state index contributed by atoms with van der Waals surface area (Å²) in [6.45, 7) is 4.59. The number of anilines is 1. The zero-order valence-electron chi connectivity index (χ0n) is 10.5. The van der Waals surface area contributed by atoms with Crippen LogP contribution in [0.15, 0.2) is 18.3 Å². The van der Waals surface area contributed by atoms with Crippen LogP contribution in [0, 0.1) is 23.2 Å². The first kappa shape index (κ1) is 11.9. The van der Waals surface area contributed by atoms with Gasteiger partial charge in [0.15, 0.2) is 0 Å². The molecule has 3 atom stereocenters. The van der Waals surface area contributed by atoms with E-state index >= 15 is 0 Å². The van der Waals surface area contributed by atoms with E-state index in [1.807, 2.05) is 12.1 Å². The van der Waals surface area contributed by atoms with Crippen LogP contribution in [0.5, 0.6) is 0 Å². The molecule has 1 aliphatic carbocycles. The summed E-state index contributed by atoms with van der Waals surface area (Å²) in [4.78, 5) is 3.98. The molecule has 90 valence electrons. The van der Waals surface area contributed by atoms with Crippen molar-refractivity contribution in [3.63, 3.8) is 0 Å². The zero-order chi connectivity index (χ0) is 12.3. The lowest BCUT2D eigenvalue weighted by Crippen LogP contribution is -2.24. The van der Waals surface area contributed by atoms with E-state index in [1.54, 1.807) is 6.20 Å². The molecule has 0 radical (unpaired) electrons. The van der Waals surface area contributed by atoms with Crippen LogP contribution in [-0.2, 0) is 0 Å². The van der Waals surface area contributed by atoms with Gasteiger partial charge >= 0.3 is 0 Å². The molecule has 1 N–H and O–H groups in total. The minimum absolute atomic E-state index is 0.479. The fourth-order valence-corrected chi connectivity index (χ4v) is 2.82. The van der Waals surface area contributed by atoms with Gasteiger partial charge in [0.25, 0.3) is 0 Å². The van der Waals surface area contributed by atoms with Crippen LogP contribution in [0.4, 0.5) is 5.69 Å². The van der Waals surface area contributed by atoms with Gasteiger partial charge in [-0.1, -0.05) is 20.3 Å². The minimum Gasteiger partial charge on any atom is -0.382 e. The Labute approximate surface area is 103 Å². The molecule has 1 heterocycles. The molecule has 0 amide bonds. The Morgan fingerprint density at radius 3 is 3.00 bits per heavy atom. The van der Waals surface area contributed by atoms with Crippen molar-refractivity contribution in [2.45, 2.75) is 39.2 Å². The smallest absolute Gasteiger partial charge is 0.142 e. The summed E-state index contributed by atoms with van der Waals surface area (Å²) in [5.41, 5.74) is 1.50. The minimum atomic E-state index is 0.479. The van der Waals surface area contributed by atoms with Gasteiger partial charge in [0, 0.05) is 17.9 Å². The van der Waals surface area contributed by atoms with Crippen molar-refractivity contribution < 1.29 is 0 Å². The van der Waals surface area contributed by atoms with Gasteiger partial charge in [-0.05, 0) is 36.8 Å². The lowest BCUT2D eigenvalue weighted by molar-refractivity contribution is 0.392. The van der Waals surface area contributed by atoms with Crippen molar-refractivity contribution in [2.75, 3.05) is 5.32 Å².